The largest absolute Gasteiger partial charge is 0.467 e. The lowest BCUT2D eigenvalue weighted by Gasteiger charge is -2.22. The van der Waals surface area contributed by atoms with Crippen LogP contribution in [0.15, 0.2) is 36.9 Å². The molecule has 0 saturated carbocycles. The number of ether oxygens (including phenoxy) is 2. The van der Waals surface area contributed by atoms with Crippen molar-refractivity contribution in [2.45, 2.75) is 44.5 Å². The fourth-order valence-corrected chi connectivity index (χ4v) is 3.57. The number of likely N-dealkylation sites (tertiary alicyclic amines) is 1. The van der Waals surface area contributed by atoms with Crippen molar-refractivity contribution in [1.29, 1.82) is 0 Å². The molecule has 27 heavy (non-hydrogen) atoms. The molecule has 2 aliphatic heterocycles. The van der Waals surface area contributed by atoms with Crippen LogP contribution in [-0.2, 0) is 32.2 Å². The minimum atomic E-state index is -0.721. The molecule has 0 aromatic heterocycles. The summed E-state index contributed by atoms with van der Waals surface area (Å²) < 4.78 is 10.4. The van der Waals surface area contributed by atoms with Crippen LogP contribution in [-0.4, -0.2) is 53.6 Å². The summed E-state index contributed by atoms with van der Waals surface area (Å²) in [5.41, 5.74) is 2.21. The van der Waals surface area contributed by atoms with Crippen LogP contribution in [0.2, 0.25) is 0 Å². The van der Waals surface area contributed by atoms with E-state index in [4.69, 9.17) is 9.47 Å². The van der Waals surface area contributed by atoms with Crippen molar-refractivity contribution in [2.24, 2.45) is 0 Å². The standard InChI is InChI=1S/C20H24N2O5/c1-3-4-9-18(23)22-13-16(10-17(22)19(24)26-2)27-20(25)21-11-14-7-5-6-8-15(14)12-21/h3,5-8,16-17H,1,4,9-13H2,2H3. The Labute approximate surface area is 158 Å². The van der Waals surface area contributed by atoms with Gasteiger partial charge in [0.15, 0.2) is 0 Å². The number of esters is 1. The predicted octanol–water partition coefficient (Wildman–Crippen LogP) is 2.25. The Morgan fingerprint density at radius 3 is 2.48 bits per heavy atom. The third kappa shape index (κ3) is 4.13. The molecular formula is C20H24N2O5. The van der Waals surface area contributed by atoms with Gasteiger partial charge in [-0.2, -0.15) is 0 Å². The van der Waals surface area contributed by atoms with Gasteiger partial charge in [0.25, 0.3) is 0 Å². The first-order valence-electron chi connectivity index (χ1n) is 9.04. The highest BCUT2D eigenvalue weighted by atomic mass is 16.6. The van der Waals surface area contributed by atoms with Crippen LogP contribution in [0.1, 0.15) is 30.4 Å². The molecule has 1 aromatic carbocycles. The lowest BCUT2D eigenvalue weighted by Crippen LogP contribution is -2.41. The number of nitrogens with zero attached hydrogens (tertiary/aromatic N) is 2. The SMILES string of the molecule is C=CCCC(=O)N1CC(OC(=O)N2Cc3ccccc3C2)CC1C(=O)OC. The van der Waals surface area contributed by atoms with Crippen molar-refractivity contribution in [1.82, 2.24) is 9.80 Å². The Bertz CT molecular complexity index is 723. The van der Waals surface area contributed by atoms with E-state index in [0.717, 1.165) is 11.1 Å². The van der Waals surface area contributed by atoms with Crippen molar-refractivity contribution in [3.8, 4) is 0 Å². The quantitative estimate of drug-likeness (QED) is 0.585. The second-order valence-electron chi connectivity index (χ2n) is 6.78. The van der Waals surface area contributed by atoms with Gasteiger partial charge in [0.2, 0.25) is 5.91 Å². The highest BCUT2D eigenvalue weighted by Gasteiger charge is 2.42. The minimum absolute atomic E-state index is 0.169. The van der Waals surface area contributed by atoms with E-state index in [1.165, 1.54) is 12.0 Å². The number of amides is 2. The van der Waals surface area contributed by atoms with Gasteiger partial charge in [-0.25, -0.2) is 9.59 Å². The van der Waals surface area contributed by atoms with Crippen LogP contribution in [0.3, 0.4) is 0 Å². The summed E-state index contributed by atoms with van der Waals surface area (Å²) in [6.45, 7) is 4.81. The zero-order valence-electron chi connectivity index (χ0n) is 15.4. The molecule has 2 amide bonds. The van der Waals surface area contributed by atoms with Crippen molar-refractivity contribution in [3.63, 3.8) is 0 Å². The number of hydrogen-bond donors (Lipinski definition) is 0. The van der Waals surface area contributed by atoms with Crippen molar-refractivity contribution >= 4 is 18.0 Å². The predicted molar refractivity (Wildman–Crippen MR) is 97.5 cm³/mol. The Kier molecular flexibility index (Phi) is 5.78. The number of rotatable bonds is 5. The van der Waals surface area contributed by atoms with E-state index in [-0.39, 0.29) is 25.3 Å². The molecule has 0 spiro atoms. The molecule has 0 bridgehead atoms. The van der Waals surface area contributed by atoms with Crippen molar-refractivity contribution in [3.05, 3.63) is 48.0 Å². The van der Waals surface area contributed by atoms with Gasteiger partial charge >= 0.3 is 12.1 Å². The number of allylic oxidation sites excluding steroid dienone is 1. The normalized spacial score (nSPS) is 20.9. The van der Waals surface area contributed by atoms with Crippen LogP contribution in [0, 0.1) is 0 Å². The molecule has 2 atom stereocenters. The lowest BCUT2D eigenvalue weighted by molar-refractivity contribution is -0.150. The van der Waals surface area contributed by atoms with Gasteiger partial charge < -0.3 is 14.4 Å². The second-order valence-corrected chi connectivity index (χ2v) is 6.78. The maximum absolute atomic E-state index is 12.5. The number of carbonyl (C=O) groups is 3. The number of benzene rings is 1. The highest BCUT2D eigenvalue weighted by molar-refractivity contribution is 5.85. The van der Waals surface area contributed by atoms with Gasteiger partial charge in [-0.1, -0.05) is 30.3 Å². The van der Waals surface area contributed by atoms with Gasteiger partial charge in [-0.05, 0) is 17.5 Å². The molecule has 0 aliphatic carbocycles. The average molecular weight is 372 g/mol. The zero-order valence-corrected chi connectivity index (χ0v) is 15.4. The first kappa shape index (κ1) is 18.9. The molecule has 144 valence electrons. The molecule has 0 N–H and O–H groups in total. The topological polar surface area (TPSA) is 76.2 Å². The molecule has 1 saturated heterocycles. The van der Waals surface area contributed by atoms with Gasteiger partial charge in [0.05, 0.1) is 13.7 Å². The molecule has 1 aromatic rings. The average Bonchev–Trinajstić information content (AvgIpc) is 3.29. The molecule has 2 aliphatic rings. The minimum Gasteiger partial charge on any atom is -0.467 e. The van der Waals surface area contributed by atoms with E-state index >= 15 is 0 Å². The van der Waals surface area contributed by atoms with Crippen LogP contribution < -0.4 is 0 Å². The van der Waals surface area contributed by atoms with Crippen LogP contribution >= 0.6 is 0 Å². The first-order chi connectivity index (χ1) is 13.0. The Hall–Kier alpha value is -2.83. The second kappa shape index (κ2) is 8.24. The Morgan fingerprint density at radius 2 is 1.89 bits per heavy atom. The van der Waals surface area contributed by atoms with E-state index < -0.39 is 24.2 Å². The first-order valence-corrected chi connectivity index (χ1v) is 9.04. The maximum atomic E-state index is 12.5. The van der Waals surface area contributed by atoms with E-state index in [1.54, 1.807) is 11.0 Å². The smallest absolute Gasteiger partial charge is 0.410 e. The van der Waals surface area contributed by atoms with E-state index in [0.29, 0.717) is 19.5 Å². The number of fused-ring (bicyclic) bond motifs is 1. The maximum Gasteiger partial charge on any atom is 0.410 e. The fourth-order valence-electron chi connectivity index (χ4n) is 3.57. The van der Waals surface area contributed by atoms with Crippen molar-refractivity contribution in [2.75, 3.05) is 13.7 Å². The summed E-state index contributed by atoms with van der Waals surface area (Å²) in [5, 5.41) is 0. The van der Waals surface area contributed by atoms with E-state index in [9.17, 15) is 14.4 Å². The highest BCUT2D eigenvalue weighted by Crippen LogP contribution is 2.26. The molecule has 7 heteroatoms. The van der Waals surface area contributed by atoms with Gasteiger partial charge in [-0.3, -0.25) is 9.69 Å². The third-order valence-electron chi connectivity index (χ3n) is 4.99. The van der Waals surface area contributed by atoms with Gasteiger partial charge in [-0.15, -0.1) is 6.58 Å². The third-order valence-corrected chi connectivity index (χ3v) is 4.99. The summed E-state index contributed by atoms with van der Waals surface area (Å²) in [4.78, 5) is 40.1. The molecule has 7 nitrogen and oxygen atoms in total. The zero-order chi connectivity index (χ0) is 19.4. The number of hydrogen-bond acceptors (Lipinski definition) is 5. The summed E-state index contributed by atoms with van der Waals surface area (Å²) in [5.74, 6) is -0.661. The molecule has 3 rings (SSSR count). The van der Waals surface area contributed by atoms with Crippen LogP contribution in [0.25, 0.3) is 0 Å². The molecule has 2 heterocycles. The molecular weight excluding hydrogens is 348 g/mol. The molecule has 0 radical (unpaired) electrons. The summed E-state index contributed by atoms with van der Waals surface area (Å²) >= 11 is 0. The summed E-state index contributed by atoms with van der Waals surface area (Å²) in [7, 11) is 1.29. The molecule has 2 unspecified atom stereocenters. The Morgan fingerprint density at radius 1 is 1.22 bits per heavy atom. The number of carbonyl (C=O) groups excluding carboxylic acids is 3. The monoisotopic (exact) mass is 372 g/mol. The summed E-state index contributed by atoms with van der Waals surface area (Å²) in [6.07, 6.45) is 1.74. The van der Waals surface area contributed by atoms with Crippen LogP contribution in [0.4, 0.5) is 4.79 Å². The van der Waals surface area contributed by atoms with Gasteiger partial charge in [0.1, 0.15) is 12.1 Å². The summed E-state index contributed by atoms with van der Waals surface area (Å²) in [6, 6.07) is 7.15. The van der Waals surface area contributed by atoms with Crippen molar-refractivity contribution < 1.29 is 23.9 Å². The van der Waals surface area contributed by atoms with Gasteiger partial charge in [0, 0.05) is 25.9 Å². The molecule has 1 fully saturated rings. The van der Waals surface area contributed by atoms with E-state index in [2.05, 4.69) is 6.58 Å². The lowest BCUT2D eigenvalue weighted by atomic mass is 10.1. The number of methoxy groups -OCH3 is 1. The fraction of sp³-hybridized carbons (Fsp3) is 0.450. The van der Waals surface area contributed by atoms with E-state index in [1.807, 2.05) is 24.3 Å². The Balaban J connectivity index is 1.62. The van der Waals surface area contributed by atoms with Crippen LogP contribution in [0.5, 0.6) is 0 Å².